The zero-order valence-electron chi connectivity index (χ0n) is 29.7. The standard InChI is InChI=1S/C35H67O12P/c1-3-5-7-9-11-13-15-17-19-21-23-32(39)46-28(27-44-31(38)22-20-18-16-14-12-10-8-6-4-2)24-25-45-48(42,43)47-35-30(37)26-29(36)33(40)34(35)41/h28-30,33-37,40-41H,3-27H2,1-2H3,(H,42,43)/t28-,29+,30+,33-,34+,35+/m0/s1. The number of rotatable bonds is 30. The molecule has 0 saturated heterocycles. The maximum atomic E-state index is 12.6. The van der Waals surface area contributed by atoms with Crippen molar-refractivity contribution in [1.82, 2.24) is 0 Å². The molecule has 0 heterocycles. The summed E-state index contributed by atoms with van der Waals surface area (Å²) in [6.07, 6.45) is 12.3. The number of carbonyl (C=O) groups excluding carboxylic acids is 2. The average Bonchev–Trinajstić information content (AvgIpc) is 3.04. The fourth-order valence-corrected chi connectivity index (χ4v) is 6.77. The summed E-state index contributed by atoms with van der Waals surface area (Å²) >= 11 is 0. The number of hydrogen-bond donors (Lipinski definition) is 5. The van der Waals surface area contributed by atoms with E-state index in [4.69, 9.17) is 18.5 Å². The first-order valence-corrected chi connectivity index (χ1v) is 20.2. The van der Waals surface area contributed by atoms with Crippen molar-refractivity contribution >= 4 is 19.8 Å². The van der Waals surface area contributed by atoms with Crippen LogP contribution in [0, 0.1) is 0 Å². The normalized spacial score (nSPS) is 23.0. The lowest BCUT2D eigenvalue weighted by atomic mass is 9.87. The summed E-state index contributed by atoms with van der Waals surface area (Å²) in [5, 5.41) is 39.7. The zero-order chi connectivity index (χ0) is 35.6. The summed E-state index contributed by atoms with van der Waals surface area (Å²) in [5.74, 6) is -0.870. The van der Waals surface area contributed by atoms with E-state index in [1.54, 1.807) is 0 Å². The molecular weight excluding hydrogens is 643 g/mol. The molecule has 7 atom stereocenters. The number of hydrogen-bond acceptors (Lipinski definition) is 11. The van der Waals surface area contributed by atoms with Gasteiger partial charge in [0.05, 0.1) is 18.8 Å². The molecule has 0 amide bonds. The number of unbranched alkanes of at least 4 members (excludes halogenated alkanes) is 17. The highest BCUT2D eigenvalue weighted by molar-refractivity contribution is 7.47. The monoisotopic (exact) mass is 710 g/mol. The Kier molecular flexibility index (Phi) is 25.8. The molecule has 0 spiro atoms. The summed E-state index contributed by atoms with van der Waals surface area (Å²) in [6, 6.07) is 0. The summed E-state index contributed by atoms with van der Waals surface area (Å²) < 4.78 is 33.4. The van der Waals surface area contributed by atoms with E-state index in [2.05, 4.69) is 13.8 Å². The van der Waals surface area contributed by atoms with Crippen molar-refractivity contribution in [2.75, 3.05) is 13.2 Å². The van der Waals surface area contributed by atoms with Crippen LogP contribution in [0.3, 0.4) is 0 Å². The molecule has 0 bridgehead atoms. The fourth-order valence-electron chi connectivity index (χ4n) is 5.80. The summed E-state index contributed by atoms with van der Waals surface area (Å²) in [5.41, 5.74) is 0. The number of esters is 2. The van der Waals surface area contributed by atoms with E-state index in [0.29, 0.717) is 12.8 Å². The van der Waals surface area contributed by atoms with Gasteiger partial charge in [0.25, 0.3) is 0 Å². The largest absolute Gasteiger partial charge is 0.472 e. The third-order valence-corrected chi connectivity index (χ3v) is 9.86. The summed E-state index contributed by atoms with van der Waals surface area (Å²) in [4.78, 5) is 35.2. The van der Waals surface area contributed by atoms with Gasteiger partial charge in [-0.2, -0.15) is 0 Å². The molecule has 1 saturated carbocycles. The van der Waals surface area contributed by atoms with Crippen LogP contribution < -0.4 is 0 Å². The van der Waals surface area contributed by atoms with Crippen LogP contribution in [0.5, 0.6) is 0 Å². The SMILES string of the molecule is CCCCCCCCCCCCC(=O)O[C@@H](CCOP(=O)(O)O[C@H]1[C@H](O)[C@@H](O)[C@H](O)C[C@H]1O)COC(=O)CCCCCCCCCCC. The molecule has 48 heavy (non-hydrogen) atoms. The molecule has 1 aliphatic rings. The Morgan fingerprint density at radius 3 is 1.62 bits per heavy atom. The Balaban J connectivity index is 2.50. The average molecular weight is 711 g/mol. The van der Waals surface area contributed by atoms with Crippen molar-refractivity contribution in [1.29, 1.82) is 0 Å². The van der Waals surface area contributed by atoms with Gasteiger partial charge in [0.2, 0.25) is 0 Å². The van der Waals surface area contributed by atoms with Gasteiger partial charge in [0, 0.05) is 25.7 Å². The Hall–Kier alpha value is -1.11. The van der Waals surface area contributed by atoms with Crippen LogP contribution in [0.25, 0.3) is 0 Å². The second-order valence-corrected chi connectivity index (χ2v) is 14.7. The molecule has 0 radical (unpaired) electrons. The van der Waals surface area contributed by atoms with Crippen molar-refractivity contribution < 1.29 is 58.0 Å². The number of carbonyl (C=O) groups is 2. The molecule has 0 aliphatic heterocycles. The lowest BCUT2D eigenvalue weighted by molar-refractivity contribution is -0.173. The minimum atomic E-state index is -4.84. The van der Waals surface area contributed by atoms with Gasteiger partial charge in [-0.15, -0.1) is 0 Å². The predicted molar refractivity (Wildman–Crippen MR) is 183 cm³/mol. The first-order valence-electron chi connectivity index (χ1n) is 18.7. The molecule has 1 fully saturated rings. The molecule has 1 unspecified atom stereocenters. The minimum Gasteiger partial charge on any atom is -0.462 e. The maximum Gasteiger partial charge on any atom is 0.472 e. The molecule has 12 nitrogen and oxygen atoms in total. The number of phosphoric ester groups is 1. The number of phosphoric acid groups is 1. The third-order valence-electron chi connectivity index (χ3n) is 8.84. The zero-order valence-corrected chi connectivity index (χ0v) is 30.6. The fraction of sp³-hybridized carbons (Fsp3) is 0.943. The van der Waals surface area contributed by atoms with Crippen molar-refractivity contribution in [3.63, 3.8) is 0 Å². The molecule has 284 valence electrons. The maximum absolute atomic E-state index is 12.6. The van der Waals surface area contributed by atoms with Crippen LogP contribution in [-0.2, 0) is 32.7 Å². The van der Waals surface area contributed by atoms with E-state index in [-0.39, 0.29) is 32.3 Å². The molecule has 1 aliphatic carbocycles. The lowest BCUT2D eigenvalue weighted by Gasteiger charge is -2.38. The Labute approximate surface area is 288 Å². The van der Waals surface area contributed by atoms with Crippen molar-refractivity contribution in [2.45, 2.75) is 198 Å². The molecule has 0 aromatic rings. The number of aliphatic hydroxyl groups excluding tert-OH is 4. The van der Waals surface area contributed by atoms with E-state index in [1.807, 2.05) is 0 Å². The number of ether oxygens (including phenoxy) is 2. The third kappa shape index (κ3) is 21.9. The van der Waals surface area contributed by atoms with E-state index in [9.17, 15) is 39.5 Å². The van der Waals surface area contributed by atoms with Crippen molar-refractivity contribution in [2.24, 2.45) is 0 Å². The van der Waals surface area contributed by atoms with Gasteiger partial charge in [0.1, 0.15) is 31.0 Å². The van der Waals surface area contributed by atoms with Gasteiger partial charge in [-0.05, 0) is 12.8 Å². The van der Waals surface area contributed by atoms with Gasteiger partial charge < -0.3 is 34.8 Å². The van der Waals surface area contributed by atoms with Gasteiger partial charge in [-0.25, -0.2) is 4.57 Å². The Morgan fingerprint density at radius 2 is 1.12 bits per heavy atom. The van der Waals surface area contributed by atoms with Gasteiger partial charge >= 0.3 is 19.8 Å². The quantitative estimate of drug-likeness (QED) is 0.0313. The van der Waals surface area contributed by atoms with Crippen LogP contribution in [0.15, 0.2) is 0 Å². The first-order chi connectivity index (χ1) is 23.0. The second-order valence-electron chi connectivity index (χ2n) is 13.3. The molecule has 0 aromatic carbocycles. The van der Waals surface area contributed by atoms with Crippen LogP contribution in [-0.4, -0.2) is 87.1 Å². The van der Waals surface area contributed by atoms with Crippen molar-refractivity contribution in [3.8, 4) is 0 Å². The van der Waals surface area contributed by atoms with Gasteiger partial charge in [-0.3, -0.25) is 18.6 Å². The minimum absolute atomic E-state index is 0.0832. The van der Waals surface area contributed by atoms with Crippen molar-refractivity contribution in [3.05, 3.63) is 0 Å². The smallest absolute Gasteiger partial charge is 0.462 e. The molecule has 0 aromatic heterocycles. The highest BCUT2D eigenvalue weighted by atomic mass is 31.2. The first kappa shape index (κ1) is 44.9. The lowest BCUT2D eigenvalue weighted by Crippen LogP contribution is -2.56. The van der Waals surface area contributed by atoms with Crippen LogP contribution in [0.1, 0.15) is 162 Å². The Bertz CT molecular complexity index is 875. The molecule has 5 N–H and O–H groups in total. The van der Waals surface area contributed by atoms with Crippen LogP contribution in [0.2, 0.25) is 0 Å². The van der Waals surface area contributed by atoms with E-state index >= 15 is 0 Å². The summed E-state index contributed by atoms with van der Waals surface area (Å²) in [7, 11) is -4.84. The second kappa shape index (κ2) is 27.6. The number of aliphatic hydroxyl groups is 4. The van der Waals surface area contributed by atoms with E-state index in [0.717, 1.165) is 38.5 Å². The van der Waals surface area contributed by atoms with Gasteiger partial charge in [0.15, 0.2) is 0 Å². The topological polar surface area (TPSA) is 189 Å². The van der Waals surface area contributed by atoms with Crippen LogP contribution in [0.4, 0.5) is 0 Å². The summed E-state index contributed by atoms with van der Waals surface area (Å²) in [6.45, 7) is 3.74. The van der Waals surface area contributed by atoms with Gasteiger partial charge in [-0.1, -0.05) is 123 Å². The highest BCUT2D eigenvalue weighted by Crippen LogP contribution is 2.47. The highest BCUT2D eigenvalue weighted by Gasteiger charge is 2.46. The molecule has 1 rings (SSSR count). The predicted octanol–water partition coefficient (Wildman–Crippen LogP) is 6.41. The van der Waals surface area contributed by atoms with Crippen LogP contribution >= 0.6 is 7.82 Å². The van der Waals surface area contributed by atoms with E-state index in [1.165, 1.54) is 70.6 Å². The van der Waals surface area contributed by atoms with E-state index < -0.39 is 63.0 Å². The molecular formula is C35H67O12P. The molecule has 13 heteroatoms. The Morgan fingerprint density at radius 1 is 0.667 bits per heavy atom.